The van der Waals surface area contributed by atoms with Gasteiger partial charge in [0.2, 0.25) is 0 Å². The van der Waals surface area contributed by atoms with Gasteiger partial charge >= 0.3 is 5.97 Å². The second-order valence-corrected chi connectivity index (χ2v) is 4.62. The number of aromatic nitrogens is 2. The lowest BCUT2D eigenvalue weighted by Crippen LogP contribution is -2.28. The number of hydrogen-bond acceptors (Lipinski definition) is 4. The molecule has 1 fully saturated rings. The molecule has 0 aliphatic heterocycles. The summed E-state index contributed by atoms with van der Waals surface area (Å²) in [6.45, 7) is 1.90. The Morgan fingerprint density at radius 1 is 1.50 bits per heavy atom. The third kappa shape index (κ3) is 2.10. The first-order valence-electron chi connectivity index (χ1n) is 6.28. The van der Waals surface area contributed by atoms with Gasteiger partial charge in [-0.3, -0.25) is 0 Å². The van der Waals surface area contributed by atoms with Crippen LogP contribution in [0.15, 0.2) is 6.20 Å². The summed E-state index contributed by atoms with van der Waals surface area (Å²) >= 11 is 0. The van der Waals surface area contributed by atoms with Crippen LogP contribution in [0.5, 0.6) is 0 Å². The van der Waals surface area contributed by atoms with Crippen molar-refractivity contribution in [2.45, 2.75) is 44.6 Å². The van der Waals surface area contributed by atoms with Gasteiger partial charge in [0.25, 0.3) is 0 Å². The van der Waals surface area contributed by atoms with Crippen molar-refractivity contribution in [2.75, 3.05) is 7.11 Å². The zero-order valence-electron chi connectivity index (χ0n) is 10.8. The fraction of sp³-hybridized carbons (Fsp3) is 0.615. The molecule has 0 radical (unpaired) electrons. The Labute approximate surface area is 106 Å². The first-order chi connectivity index (χ1) is 8.63. The number of carboxylic acid groups (broad SMARTS) is 1. The summed E-state index contributed by atoms with van der Waals surface area (Å²) in [5.74, 6) is -0.347. The molecule has 5 nitrogen and oxygen atoms in total. The summed E-state index contributed by atoms with van der Waals surface area (Å²) < 4.78 is 5.61. The molecule has 18 heavy (non-hydrogen) atoms. The molecular weight excluding hydrogens is 232 g/mol. The maximum Gasteiger partial charge on any atom is 0.339 e. The molecule has 0 aromatic carbocycles. The molecule has 5 heteroatoms. The molecule has 0 spiro atoms. The van der Waals surface area contributed by atoms with E-state index >= 15 is 0 Å². The van der Waals surface area contributed by atoms with Gasteiger partial charge in [-0.1, -0.05) is 6.92 Å². The summed E-state index contributed by atoms with van der Waals surface area (Å²) in [5, 5.41) is 9.06. The number of hydrogen-bond donors (Lipinski definition) is 1. The minimum Gasteiger partial charge on any atom is -0.478 e. The van der Waals surface area contributed by atoms with Crippen LogP contribution in [0, 0.1) is 0 Å². The van der Waals surface area contributed by atoms with Crippen molar-refractivity contribution in [1.82, 2.24) is 9.97 Å². The van der Waals surface area contributed by atoms with E-state index in [9.17, 15) is 4.79 Å². The lowest BCUT2D eigenvalue weighted by Gasteiger charge is -2.26. The van der Waals surface area contributed by atoms with E-state index in [1.807, 2.05) is 6.92 Å². The van der Waals surface area contributed by atoms with Crippen molar-refractivity contribution in [3.8, 4) is 0 Å². The molecule has 1 aromatic rings. The van der Waals surface area contributed by atoms with Crippen molar-refractivity contribution in [1.29, 1.82) is 0 Å². The molecule has 1 saturated carbocycles. The molecule has 0 amide bonds. The normalized spacial score (nSPS) is 17.9. The minimum atomic E-state index is -0.976. The monoisotopic (exact) mass is 250 g/mol. The molecule has 1 N–H and O–H groups in total. The predicted octanol–water partition coefficient (Wildman–Crippen LogP) is 2.15. The molecular formula is C13H18N2O3. The van der Waals surface area contributed by atoms with E-state index in [4.69, 9.17) is 9.84 Å². The van der Waals surface area contributed by atoms with Crippen LogP contribution >= 0.6 is 0 Å². The van der Waals surface area contributed by atoms with Crippen molar-refractivity contribution < 1.29 is 14.6 Å². The van der Waals surface area contributed by atoms with E-state index in [2.05, 4.69) is 9.97 Å². The van der Waals surface area contributed by atoms with E-state index in [1.54, 1.807) is 7.11 Å². The van der Waals surface area contributed by atoms with Gasteiger partial charge in [-0.2, -0.15) is 0 Å². The number of rotatable bonds is 4. The third-order valence-electron chi connectivity index (χ3n) is 3.64. The number of aryl methyl sites for hydroxylation is 1. The maximum absolute atomic E-state index is 11.1. The van der Waals surface area contributed by atoms with Gasteiger partial charge in [-0.15, -0.1) is 0 Å². The molecule has 1 heterocycles. The topological polar surface area (TPSA) is 72.3 Å². The van der Waals surface area contributed by atoms with Crippen molar-refractivity contribution in [3.05, 3.63) is 23.3 Å². The lowest BCUT2D eigenvalue weighted by atomic mass is 10.0. The highest BCUT2D eigenvalue weighted by molar-refractivity contribution is 5.88. The number of methoxy groups -OCH3 is 1. The van der Waals surface area contributed by atoms with Crippen molar-refractivity contribution in [3.63, 3.8) is 0 Å². The van der Waals surface area contributed by atoms with Gasteiger partial charge in [-0.25, -0.2) is 14.8 Å². The summed E-state index contributed by atoms with van der Waals surface area (Å²) in [6.07, 6.45) is 5.98. The third-order valence-corrected chi connectivity index (χ3v) is 3.64. The van der Waals surface area contributed by atoms with Gasteiger partial charge < -0.3 is 9.84 Å². The van der Waals surface area contributed by atoms with Crippen LogP contribution in [-0.2, 0) is 16.8 Å². The lowest BCUT2D eigenvalue weighted by molar-refractivity contribution is -0.0165. The summed E-state index contributed by atoms with van der Waals surface area (Å²) in [6, 6.07) is 0. The zero-order chi connectivity index (χ0) is 13.2. The van der Waals surface area contributed by atoms with Crippen molar-refractivity contribution in [2.24, 2.45) is 0 Å². The van der Waals surface area contributed by atoms with E-state index < -0.39 is 11.6 Å². The van der Waals surface area contributed by atoms with Gasteiger partial charge in [0.05, 0.1) is 11.3 Å². The molecule has 2 rings (SSSR count). The first-order valence-corrected chi connectivity index (χ1v) is 6.28. The fourth-order valence-corrected chi connectivity index (χ4v) is 2.55. The number of nitrogens with zero attached hydrogens (tertiary/aromatic N) is 2. The van der Waals surface area contributed by atoms with Crippen LogP contribution in [0.2, 0.25) is 0 Å². The van der Waals surface area contributed by atoms with E-state index in [0.717, 1.165) is 25.7 Å². The molecule has 98 valence electrons. The van der Waals surface area contributed by atoms with Gasteiger partial charge in [-0.05, 0) is 32.1 Å². The highest BCUT2D eigenvalue weighted by Crippen LogP contribution is 2.39. The van der Waals surface area contributed by atoms with Crippen LogP contribution < -0.4 is 0 Å². The highest BCUT2D eigenvalue weighted by atomic mass is 16.5. The van der Waals surface area contributed by atoms with Crippen LogP contribution in [-0.4, -0.2) is 28.2 Å². The van der Waals surface area contributed by atoms with Gasteiger partial charge in [0.15, 0.2) is 5.82 Å². The van der Waals surface area contributed by atoms with Crippen LogP contribution in [0.3, 0.4) is 0 Å². The molecule has 0 unspecified atom stereocenters. The second kappa shape index (κ2) is 5.02. The Morgan fingerprint density at radius 2 is 2.17 bits per heavy atom. The predicted molar refractivity (Wildman–Crippen MR) is 65.5 cm³/mol. The molecule has 1 aliphatic carbocycles. The highest BCUT2D eigenvalue weighted by Gasteiger charge is 2.38. The number of carboxylic acids is 1. The Balaban J connectivity index is 2.43. The van der Waals surface area contributed by atoms with Crippen LogP contribution in [0.1, 0.15) is 54.5 Å². The maximum atomic E-state index is 11.1. The Kier molecular flexibility index (Phi) is 3.61. The Morgan fingerprint density at radius 3 is 2.67 bits per heavy atom. The van der Waals surface area contributed by atoms with E-state index in [1.165, 1.54) is 6.20 Å². The Hall–Kier alpha value is -1.49. The fourth-order valence-electron chi connectivity index (χ4n) is 2.55. The number of carbonyl (C=O) groups is 1. The minimum absolute atomic E-state index is 0.186. The molecule has 1 aliphatic rings. The number of aromatic carboxylic acids is 1. The summed E-state index contributed by atoms with van der Waals surface area (Å²) in [7, 11) is 1.67. The summed E-state index contributed by atoms with van der Waals surface area (Å²) in [5.41, 5.74) is 0.349. The summed E-state index contributed by atoms with van der Waals surface area (Å²) in [4.78, 5) is 19.7. The quantitative estimate of drug-likeness (QED) is 0.886. The molecule has 0 saturated heterocycles. The average Bonchev–Trinajstić information content (AvgIpc) is 2.87. The van der Waals surface area contributed by atoms with Crippen LogP contribution in [0.25, 0.3) is 0 Å². The SMILES string of the molecule is CCc1nc(C2(OC)CCCC2)ncc1C(=O)O. The first kappa shape index (κ1) is 13.0. The average molecular weight is 250 g/mol. The largest absolute Gasteiger partial charge is 0.478 e. The molecule has 0 atom stereocenters. The van der Waals surface area contributed by atoms with Gasteiger partial charge in [0.1, 0.15) is 5.60 Å². The molecule has 1 aromatic heterocycles. The second-order valence-electron chi connectivity index (χ2n) is 4.62. The van der Waals surface area contributed by atoms with Crippen LogP contribution in [0.4, 0.5) is 0 Å². The van der Waals surface area contributed by atoms with Gasteiger partial charge in [0, 0.05) is 13.3 Å². The zero-order valence-corrected chi connectivity index (χ0v) is 10.8. The van der Waals surface area contributed by atoms with Crippen molar-refractivity contribution >= 4 is 5.97 Å². The number of ether oxygens (including phenoxy) is 1. The van der Waals surface area contributed by atoms with E-state index in [0.29, 0.717) is 17.9 Å². The van der Waals surface area contributed by atoms with E-state index in [-0.39, 0.29) is 5.56 Å². The smallest absolute Gasteiger partial charge is 0.339 e. The Bertz CT molecular complexity index is 454. The standard InChI is InChI=1S/C13H18N2O3/c1-3-10-9(11(16)17)8-14-12(15-10)13(18-2)6-4-5-7-13/h8H,3-7H2,1-2H3,(H,16,17). The molecule has 0 bridgehead atoms.